The maximum absolute atomic E-state index is 10.8. The molecule has 0 rings (SSSR count). The third-order valence-electron chi connectivity index (χ3n) is 1.17. The van der Waals surface area contributed by atoms with E-state index in [2.05, 4.69) is 11.3 Å². The fraction of sp³-hybridized carbons (Fsp3) is 0.444. The van der Waals surface area contributed by atoms with Crippen LogP contribution in [0.15, 0.2) is 24.5 Å². The zero-order valence-corrected chi connectivity index (χ0v) is 8.94. The maximum atomic E-state index is 10.8. The first kappa shape index (κ1) is 12.5. The number of halogens is 2. The average Bonchev–Trinajstić information content (AvgIpc) is 2.02. The molecule has 0 aliphatic heterocycles. The van der Waals surface area contributed by atoms with Crippen LogP contribution < -0.4 is 0 Å². The van der Waals surface area contributed by atoms with Gasteiger partial charge in [-0.2, -0.15) is 0 Å². The van der Waals surface area contributed by atoms with Crippen molar-refractivity contribution < 1.29 is 9.53 Å². The Bertz CT molecular complexity index is 210. The van der Waals surface area contributed by atoms with Crippen molar-refractivity contribution in [3.63, 3.8) is 0 Å². The van der Waals surface area contributed by atoms with Gasteiger partial charge in [0.1, 0.15) is 4.84 Å². The molecule has 0 spiro atoms. The van der Waals surface area contributed by atoms with E-state index in [0.717, 1.165) is 0 Å². The summed E-state index contributed by atoms with van der Waals surface area (Å²) in [7, 11) is 0. The molecule has 0 aromatic rings. The van der Waals surface area contributed by atoms with Gasteiger partial charge in [-0.25, -0.2) is 4.79 Å². The first-order valence-electron chi connectivity index (χ1n) is 3.83. The molecular weight excluding hydrogens is 211 g/mol. The molecule has 0 heterocycles. The van der Waals surface area contributed by atoms with Crippen LogP contribution in [0.2, 0.25) is 0 Å². The number of carbonyl (C=O) groups is 1. The van der Waals surface area contributed by atoms with Crippen LogP contribution in [0.5, 0.6) is 0 Å². The molecule has 0 radical (unpaired) electrons. The van der Waals surface area contributed by atoms with Crippen molar-refractivity contribution in [2.75, 3.05) is 0 Å². The quantitative estimate of drug-likeness (QED) is 0.309. The van der Waals surface area contributed by atoms with Crippen molar-refractivity contribution in [3.05, 3.63) is 24.5 Å². The molecule has 0 unspecified atom stereocenters. The molecule has 0 amide bonds. The first-order chi connectivity index (χ1) is 6.04. The van der Waals surface area contributed by atoms with Gasteiger partial charge in [-0.3, -0.25) is 0 Å². The summed E-state index contributed by atoms with van der Waals surface area (Å²) in [5.41, 5.74) is 0.372. The molecule has 0 atom stereocenters. The summed E-state index contributed by atoms with van der Waals surface area (Å²) in [5, 5.41) is 0. The lowest BCUT2D eigenvalue weighted by molar-refractivity contribution is -0.133. The number of hydrogen-bond acceptors (Lipinski definition) is 2. The maximum Gasteiger partial charge on any atom is 0.337 e. The van der Waals surface area contributed by atoms with E-state index >= 15 is 0 Å². The SMILES string of the molecule is C=C(C)C(=O)OC=CCCC(Cl)Cl. The minimum absolute atomic E-state index is 0.372. The minimum atomic E-state index is -0.426. The number of alkyl halides is 2. The first-order valence-corrected chi connectivity index (χ1v) is 4.71. The van der Waals surface area contributed by atoms with E-state index in [4.69, 9.17) is 23.2 Å². The summed E-state index contributed by atoms with van der Waals surface area (Å²) in [6, 6.07) is 0. The van der Waals surface area contributed by atoms with Gasteiger partial charge in [0.15, 0.2) is 0 Å². The van der Waals surface area contributed by atoms with E-state index in [9.17, 15) is 4.79 Å². The molecule has 0 aliphatic carbocycles. The second-order valence-electron chi connectivity index (χ2n) is 2.53. The highest BCUT2D eigenvalue weighted by molar-refractivity contribution is 6.44. The Hall–Kier alpha value is -0.470. The predicted molar refractivity (Wildman–Crippen MR) is 54.8 cm³/mol. The number of hydrogen-bond donors (Lipinski definition) is 0. The lowest BCUT2D eigenvalue weighted by atomic mass is 10.3. The number of carbonyl (C=O) groups excluding carboxylic acids is 1. The van der Waals surface area contributed by atoms with E-state index in [1.54, 1.807) is 13.0 Å². The summed E-state index contributed by atoms with van der Waals surface area (Å²) >= 11 is 11.0. The normalized spacial score (nSPS) is 10.8. The fourth-order valence-electron chi connectivity index (χ4n) is 0.501. The molecule has 13 heavy (non-hydrogen) atoms. The Morgan fingerprint density at radius 3 is 2.69 bits per heavy atom. The number of rotatable bonds is 5. The highest BCUT2D eigenvalue weighted by Gasteiger charge is 1.99. The van der Waals surface area contributed by atoms with Gasteiger partial charge in [-0.1, -0.05) is 6.58 Å². The van der Waals surface area contributed by atoms with Crippen molar-refractivity contribution in [3.8, 4) is 0 Å². The number of ether oxygens (including phenoxy) is 1. The second-order valence-corrected chi connectivity index (χ2v) is 3.80. The van der Waals surface area contributed by atoms with E-state index in [1.165, 1.54) is 6.26 Å². The van der Waals surface area contributed by atoms with Crippen LogP contribution >= 0.6 is 23.2 Å². The lowest BCUT2D eigenvalue weighted by Gasteiger charge is -1.97. The van der Waals surface area contributed by atoms with Gasteiger partial charge >= 0.3 is 5.97 Å². The average molecular weight is 223 g/mol. The molecule has 0 saturated heterocycles. The van der Waals surface area contributed by atoms with Gasteiger partial charge in [0.25, 0.3) is 0 Å². The molecule has 0 aliphatic rings. The molecule has 4 heteroatoms. The van der Waals surface area contributed by atoms with Gasteiger partial charge in [0, 0.05) is 5.57 Å². The van der Waals surface area contributed by atoms with Gasteiger partial charge in [-0.15, -0.1) is 23.2 Å². The Kier molecular flexibility index (Phi) is 6.73. The van der Waals surface area contributed by atoms with Crippen molar-refractivity contribution in [1.29, 1.82) is 0 Å². The molecular formula is C9H12Cl2O2. The van der Waals surface area contributed by atoms with Crippen LogP contribution in [0, 0.1) is 0 Å². The van der Waals surface area contributed by atoms with Crippen LogP contribution in [-0.2, 0) is 9.53 Å². The lowest BCUT2D eigenvalue weighted by Crippen LogP contribution is -1.98. The smallest absolute Gasteiger partial charge is 0.337 e. The molecule has 0 bridgehead atoms. The Labute approximate surface area is 88.2 Å². The highest BCUT2D eigenvalue weighted by Crippen LogP contribution is 2.09. The van der Waals surface area contributed by atoms with E-state index in [-0.39, 0.29) is 4.84 Å². The molecule has 0 aromatic heterocycles. The van der Waals surface area contributed by atoms with Crippen molar-refractivity contribution in [1.82, 2.24) is 0 Å². The Morgan fingerprint density at radius 1 is 1.62 bits per heavy atom. The fourth-order valence-corrected chi connectivity index (χ4v) is 0.753. The van der Waals surface area contributed by atoms with Crippen LogP contribution in [0.4, 0.5) is 0 Å². The van der Waals surface area contributed by atoms with Crippen LogP contribution in [0.25, 0.3) is 0 Å². The summed E-state index contributed by atoms with van der Waals surface area (Å²) in [4.78, 5) is 10.4. The van der Waals surface area contributed by atoms with Gasteiger partial charge in [0.2, 0.25) is 0 Å². The highest BCUT2D eigenvalue weighted by atomic mass is 35.5. The van der Waals surface area contributed by atoms with E-state index in [1.807, 2.05) is 0 Å². The summed E-state index contributed by atoms with van der Waals surface area (Å²) in [6.45, 7) is 5.02. The zero-order valence-electron chi connectivity index (χ0n) is 7.43. The van der Waals surface area contributed by atoms with Gasteiger partial charge in [-0.05, 0) is 25.8 Å². The number of esters is 1. The molecule has 2 nitrogen and oxygen atoms in total. The standard InChI is InChI=1S/C9H12Cl2O2/c1-7(2)9(12)13-6-4-3-5-8(10)11/h4,6,8H,1,3,5H2,2H3. The topological polar surface area (TPSA) is 26.3 Å². The van der Waals surface area contributed by atoms with Crippen molar-refractivity contribution >= 4 is 29.2 Å². The van der Waals surface area contributed by atoms with Crippen LogP contribution in [0.1, 0.15) is 19.8 Å². The van der Waals surface area contributed by atoms with Crippen molar-refractivity contribution in [2.24, 2.45) is 0 Å². The molecule has 0 N–H and O–H groups in total. The molecule has 0 fully saturated rings. The second kappa shape index (κ2) is 6.98. The Morgan fingerprint density at radius 2 is 2.23 bits per heavy atom. The largest absolute Gasteiger partial charge is 0.431 e. The van der Waals surface area contributed by atoms with Crippen LogP contribution in [0.3, 0.4) is 0 Å². The third-order valence-corrected chi connectivity index (χ3v) is 1.61. The summed E-state index contributed by atoms with van der Waals surface area (Å²) in [6.07, 6.45) is 4.34. The number of allylic oxidation sites excluding steroid dienone is 1. The predicted octanol–water partition coefficient (Wildman–Crippen LogP) is 3.20. The van der Waals surface area contributed by atoms with E-state index in [0.29, 0.717) is 18.4 Å². The van der Waals surface area contributed by atoms with Crippen LogP contribution in [-0.4, -0.2) is 10.8 Å². The summed E-state index contributed by atoms with van der Waals surface area (Å²) in [5.74, 6) is -0.426. The van der Waals surface area contributed by atoms with Gasteiger partial charge in [0.05, 0.1) is 6.26 Å². The van der Waals surface area contributed by atoms with Crippen molar-refractivity contribution in [2.45, 2.75) is 24.6 Å². The third kappa shape index (κ3) is 7.88. The molecule has 0 aromatic carbocycles. The molecule has 74 valence electrons. The minimum Gasteiger partial charge on any atom is -0.431 e. The summed E-state index contributed by atoms with van der Waals surface area (Å²) < 4.78 is 4.68. The monoisotopic (exact) mass is 222 g/mol. The zero-order chi connectivity index (χ0) is 10.3. The Balaban J connectivity index is 3.52. The van der Waals surface area contributed by atoms with Gasteiger partial charge < -0.3 is 4.74 Å². The van der Waals surface area contributed by atoms with E-state index < -0.39 is 5.97 Å². The molecule has 0 saturated carbocycles.